The largest absolute Gasteiger partial charge is 0.310 e. The Hall–Kier alpha value is -2.30. The van der Waals surface area contributed by atoms with Crippen molar-refractivity contribution >= 4 is 6.08 Å². The van der Waals surface area contributed by atoms with Gasteiger partial charge in [-0.05, 0) is 49.0 Å². The molecular formula is C23H26N+. The molecule has 2 aromatic rings. The van der Waals surface area contributed by atoms with Gasteiger partial charge in [0.05, 0.1) is 19.6 Å². The van der Waals surface area contributed by atoms with Gasteiger partial charge in [0.25, 0.3) is 0 Å². The highest BCUT2D eigenvalue weighted by molar-refractivity contribution is 5.48. The number of likely N-dealkylation sites (tertiary alicyclic amines) is 1. The maximum atomic E-state index is 3.45. The van der Waals surface area contributed by atoms with E-state index in [1.165, 1.54) is 37.9 Å². The van der Waals surface area contributed by atoms with Crippen molar-refractivity contribution < 1.29 is 4.48 Å². The van der Waals surface area contributed by atoms with Crippen LogP contribution in [0, 0.1) is 11.8 Å². The quantitative estimate of drug-likeness (QED) is 0.564. The zero-order chi connectivity index (χ0) is 16.5. The first-order chi connectivity index (χ1) is 11.9. The molecule has 0 saturated carbocycles. The van der Waals surface area contributed by atoms with E-state index in [9.17, 15) is 0 Å². The lowest BCUT2D eigenvalue weighted by Crippen LogP contribution is -2.51. The van der Waals surface area contributed by atoms with E-state index in [4.69, 9.17) is 0 Å². The van der Waals surface area contributed by atoms with Crippen molar-refractivity contribution in [3.8, 4) is 11.8 Å². The van der Waals surface area contributed by atoms with Gasteiger partial charge in [0.15, 0.2) is 0 Å². The van der Waals surface area contributed by atoms with E-state index in [0.717, 1.165) is 23.1 Å². The third-order valence-corrected chi connectivity index (χ3v) is 4.79. The van der Waals surface area contributed by atoms with Crippen LogP contribution in [0.1, 0.15) is 30.4 Å². The molecule has 1 aliphatic rings. The minimum Gasteiger partial charge on any atom is -0.310 e. The highest BCUT2D eigenvalue weighted by atomic mass is 15.3. The van der Waals surface area contributed by atoms with Gasteiger partial charge >= 0.3 is 0 Å². The Morgan fingerprint density at radius 1 is 0.833 bits per heavy atom. The Morgan fingerprint density at radius 2 is 1.50 bits per heavy atom. The zero-order valence-corrected chi connectivity index (χ0v) is 14.3. The normalized spacial score (nSPS) is 16.5. The van der Waals surface area contributed by atoms with E-state index in [1.54, 1.807) is 0 Å². The van der Waals surface area contributed by atoms with E-state index in [1.807, 2.05) is 6.07 Å². The molecule has 2 aromatic carbocycles. The maximum absolute atomic E-state index is 3.45. The van der Waals surface area contributed by atoms with Gasteiger partial charge in [-0.3, -0.25) is 0 Å². The summed E-state index contributed by atoms with van der Waals surface area (Å²) in [5, 5.41) is 0. The predicted octanol–water partition coefficient (Wildman–Crippen LogP) is 4.75. The van der Waals surface area contributed by atoms with E-state index in [2.05, 4.69) is 78.6 Å². The summed E-state index contributed by atoms with van der Waals surface area (Å²) in [7, 11) is 0. The van der Waals surface area contributed by atoms with Crippen LogP contribution in [-0.4, -0.2) is 30.7 Å². The minimum atomic E-state index is 0.952. The molecule has 24 heavy (non-hydrogen) atoms. The van der Waals surface area contributed by atoms with E-state index >= 15 is 0 Å². The molecule has 0 bridgehead atoms. The number of quaternary nitrogens is 1. The summed E-state index contributed by atoms with van der Waals surface area (Å²) < 4.78 is 1.11. The van der Waals surface area contributed by atoms with Gasteiger partial charge in [-0.25, -0.2) is 0 Å². The fourth-order valence-corrected chi connectivity index (χ4v) is 3.40. The summed E-state index contributed by atoms with van der Waals surface area (Å²) >= 11 is 0. The van der Waals surface area contributed by atoms with Gasteiger partial charge in [-0.15, -0.1) is 0 Å². The second-order valence-electron chi connectivity index (χ2n) is 6.67. The molecule has 0 unspecified atom stereocenters. The number of benzene rings is 2. The van der Waals surface area contributed by atoms with Crippen molar-refractivity contribution in [2.45, 2.75) is 19.3 Å². The molecule has 1 heteroatoms. The lowest BCUT2D eigenvalue weighted by molar-refractivity contribution is -0.920. The van der Waals surface area contributed by atoms with Crippen molar-refractivity contribution in [3.63, 3.8) is 0 Å². The summed E-state index contributed by atoms with van der Waals surface area (Å²) in [6.45, 7) is 4.54. The molecule has 3 rings (SSSR count). The van der Waals surface area contributed by atoms with Crippen molar-refractivity contribution in [3.05, 3.63) is 77.9 Å². The number of hydrogen-bond donors (Lipinski definition) is 0. The highest BCUT2D eigenvalue weighted by Crippen LogP contribution is 2.19. The van der Waals surface area contributed by atoms with Crippen LogP contribution in [0.5, 0.6) is 0 Å². The maximum Gasteiger partial charge on any atom is 0.141 e. The smallest absolute Gasteiger partial charge is 0.141 e. The van der Waals surface area contributed by atoms with Gasteiger partial charge in [0.1, 0.15) is 6.54 Å². The number of piperidine rings is 1. The lowest BCUT2D eigenvalue weighted by Gasteiger charge is -2.39. The summed E-state index contributed by atoms with van der Waals surface area (Å²) in [6, 6.07) is 20.9. The van der Waals surface area contributed by atoms with Crippen LogP contribution in [-0.2, 0) is 0 Å². The molecule has 1 fully saturated rings. The molecular weight excluding hydrogens is 290 g/mol. The molecule has 1 nitrogen and oxygen atoms in total. The average Bonchev–Trinajstić information content (AvgIpc) is 2.64. The molecule has 122 valence electrons. The Bertz CT molecular complexity index is 698. The van der Waals surface area contributed by atoms with Crippen molar-refractivity contribution in [2.24, 2.45) is 0 Å². The third kappa shape index (κ3) is 4.85. The molecule has 1 saturated heterocycles. The van der Waals surface area contributed by atoms with Gasteiger partial charge in [0, 0.05) is 5.56 Å². The Morgan fingerprint density at radius 3 is 2.21 bits per heavy atom. The van der Waals surface area contributed by atoms with Crippen LogP contribution in [0.3, 0.4) is 0 Å². The molecule has 0 amide bonds. The van der Waals surface area contributed by atoms with E-state index < -0.39 is 0 Å². The van der Waals surface area contributed by atoms with Crippen LogP contribution < -0.4 is 0 Å². The topological polar surface area (TPSA) is 0 Å². The van der Waals surface area contributed by atoms with Crippen LogP contribution in [0.2, 0.25) is 0 Å². The van der Waals surface area contributed by atoms with Crippen molar-refractivity contribution in [1.82, 2.24) is 0 Å². The molecule has 0 atom stereocenters. The monoisotopic (exact) mass is 316 g/mol. The van der Waals surface area contributed by atoms with Crippen LogP contribution in [0.15, 0.2) is 66.7 Å². The number of nitrogens with zero attached hydrogens (tertiary/aromatic N) is 1. The van der Waals surface area contributed by atoms with Crippen LogP contribution >= 0.6 is 0 Å². The van der Waals surface area contributed by atoms with E-state index in [-0.39, 0.29) is 0 Å². The second kappa shape index (κ2) is 8.52. The number of rotatable bonds is 4. The fourth-order valence-electron chi connectivity index (χ4n) is 3.40. The summed E-state index contributed by atoms with van der Waals surface area (Å²) in [5.74, 6) is 6.78. The minimum absolute atomic E-state index is 0.952. The molecule has 0 N–H and O–H groups in total. The Labute approximate surface area is 146 Å². The Kier molecular flexibility index (Phi) is 5.88. The highest BCUT2D eigenvalue weighted by Gasteiger charge is 2.27. The van der Waals surface area contributed by atoms with Gasteiger partial charge < -0.3 is 4.48 Å². The molecule has 0 radical (unpaired) electrons. The molecule has 1 aliphatic heterocycles. The van der Waals surface area contributed by atoms with Gasteiger partial charge in [-0.2, -0.15) is 0 Å². The first-order valence-corrected chi connectivity index (χ1v) is 8.97. The summed E-state index contributed by atoms with van der Waals surface area (Å²) in [5.41, 5.74) is 2.40. The average molecular weight is 316 g/mol. The Balaban J connectivity index is 1.66. The molecule has 1 heterocycles. The molecule has 0 aliphatic carbocycles. The number of hydrogen-bond acceptors (Lipinski definition) is 0. The molecule has 0 aromatic heterocycles. The SMILES string of the molecule is C(#Cc1ccccc1)C[N+]1(CC=Cc2ccccc2)CCCCC1. The lowest BCUT2D eigenvalue weighted by atomic mass is 10.1. The van der Waals surface area contributed by atoms with Crippen LogP contribution in [0.25, 0.3) is 6.08 Å². The van der Waals surface area contributed by atoms with Crippen molar-refractivity contribution in [1.29, 1.82) is 0 Å². The standard InChI is InChI=1S/C23H26N/c1-4-12-22(13-5-1)16-10-20-24(18-8-3-9-19-24)21-11-17-23-14-6-2-7-15-23/h1-2,4-7,10,12-16H,3,8-9,18-21H2/q+1. The van der Waals surface area contributed by atoms with E-state index in [0.29, 0.717) is 0 Å². The predicted molar refractivity (Wildman–Crippen MR) is 102 cm³/mol. The van der Waals surface area contributed by atoms with Gasteiger partial charge in [-0.1, -0.05) is 60.5 Å². The first kappa shape index (κ1) is 16.6. The second-order valence-corrected chi connectivity index (χ2v) is 6.67. The molecule has 0 spiro atoms. The zero-order valence-electron chi connectivity index (χ0n) is 14.3. The van der Waals surface area contributed by atoms with Crippen LogP contribution in [0.4, 0.5) is 0 Å². The van der Waals surface area contributed by atoms with Crippen molar-refractivity contribution in [2.75, 3.05) is 26.2 Å². The summed E-state index contributed by atoms with van der Waals surface area (Å²) in [6.07, 6.45) is 8.61. The summed E-state index contributed by atoms with van der Waals surface area (Å²) in [4.78, 5) is 0. The third-order valence-electron chi connectivity index (χ3n) is 4.79. The fraction of sp³-hybridized carbons (Fsp3) is 0.304. The van der Waals surface area contributed by atoms with Gasteiger partial charge in [0.2, 0.25) is 0 Å². The first-order valence-electron chi connectivity index (χ1n) is 8.97.